The molecule has 1 amide bonds. The van der Waals surface area contributed by atoms with Gasteiger partial charge >= 0.3 is 0 Å². The summed E-state index contributed by atoms with van der Waals surface area (Å²) in [7, 11) is 1.57. The third-order valence-corrected chi connectivity index (χ3v) is 4.58. The molecular formula is C21H25ClN2O4. The summed E-state index contributed by atoms with van der Waals surface area (Å²) in [4.78, 5) is 12.3. The lowest BCUT2D eigenvalue weighted by molar-refractivity contribution is -0.127. The number of ether oxygens (including phenoxy) is 3. The molecule has 0 aliphatic carbocycles. The molecule has 7 heteroatoms. The summed E-state index contributed by atoms with van der Waals surface area (Å²) in [6.45, 7) is 7.80. The molecule has 2 rings (SSSR count). The normalized spacial score (nSPS) is 11.9. The summed E-state index contributed by atoms with van der Waals surface area (Å²) in [6, 6.07) is 9.04. The number of methoxy groups -OCH3 is 1. The summed E-state index contributed by atoms with van der Waals surface area (Å²) >= 11 is 6.16. The van der Waals surface area contributed by atoms with E-state index in [0.717, 1.165) is 11.1 Å². The van der Waals surface area contributed by atoms with Gasteiger partial charge in [-0.15, -0.1) is 0 Å². The number of amides is 1. The number of benzene rings is 2. The number of nitrogens with one attached hydrogen (secondary N) is 1. The Kier molecular flexibility index (Phi) is 7.70. The lowest BCUT2D eigenvalue weighted by atomic mass is 10.1. The number of halogens is 1. The van der Waals surface area contributed by atoms with E-state index in [4.69, 9.17) is 25.8 Å². The van der Waals surface area contributed by atoms with Crippen molar-refractivity contribution in [2.24, 2.45) is 5.10 Å². The van der Waals surface area contributed by atoms with E-state index in [1.807, 2.05) is 32.9 Å². The van der Waals surface area contributed by atoms with E-state index < -0.39 is 6.10 Å². The molecule has 0 aromatic heterocycles. The van der Waals surface area contributed by atoms with E-state index >= 15 is 0 Å². The van der Waals surface area contributed by atoms with Crippen LogP contribution in [0.5, 0.6) is 17.2 Å². The number of carbonyl (C=O) groups excluding carboxylic acids is 1. The smallest absolute Gasteiger partial charge is 0.280 e. The molecule has 0 bridgehead atoms. The van der Waals surface area contributed by atoms with Crippen LogP contribution in [-0.2, 0) is 4.79 Å². The Hall–Kier alpha value is -2.73. The second-order valence-electron chi connectivity index (χ2n) is 6.18. The molecule has 1 N–H and O–H groups in total. The predicted octanol–water partition coefficient (Wildman–Crippen LogP) is 4.28. The van der Waals surface area contributed by atoms with E-state index in [0.29, 0.717) is 34.4 Å². The second kappa shape index (κ2) is 9.99. The first-order chi connectivity index (χ1) is 13.4. The van der Waals surface area contributed by atoms with Crippen LogP contribution in [0.2, 0.25) is 5.02 Å². The van der Waals surface area contributed by atoms with Crippen molar-refractivity contribution in [3.05, 3.63) is 52.0 Å². The van der Waals surface area contributed by atoms with Crippen LogP contribution in [-0.4, -0.2) is 31.9 Å². The summed E-state index contributed by atoms with van der Waals surface area (Å²) in [6.07, 6.45) is 0.781. The van der Waals surface area contributed by atoms with Gasteiger partial charge in [-0.3, -0.25) is 4.79 Å². The quantitative estimate of drug-likeness (QED) is 0.526. The molecule has 2 aromatic carbocycles. The van der Waals surface area contributed by atoms with Gasteiger partial charge in [0.05, 0.1) is 19.9 Å². The van der Waals surface area contributed by atoms with Crippen LogP contribution < -0.4 is 19.6 Å². The first-order valence-corrected chi connectivity index (χ1v) is 9.31. The fraction of sp³-hybridized carbons (Fsp3) is 0.333. The Morgan fingerprint density at radius 3 is 2.57 bits per heavy atom. The standard InChI is InChI=1S/C21H25ClN2O4/c1-6-27-20-16(8-7-9-18(20)26-5)12-23-24-21(25)15(4)28-17-10-13(2)19(22)14(3)11-17/h7-12,15H,6H2,1-5H3,(H,24,25)/b23-12+. The number of para-hydroxylation sites is 1. The Labute approximate surface area is 170 Å². The van der Waals surface area contributed by atoms with Gasteiger partial charge in [0.15, 0.2) is 17.6 Å². The summed E-state index contributed by atoms with van der Waals surface area (Å²) < 4.78 is 16.6. The highest BCUT2D eigenvalue weighted by Gasteiger charge is 2.15. The van der Waals surface area contributed by atoms with E-state index in [1.54, 1.807) is 32.2 Å². The molecule has 0 aliphatic heterocycles. The highest BCUT2D eigenvalue weighted by molar-refractivity contribution is 6.32. The maximum atomic E-state index is 12.3. The number of rotatable bonds is 8. The van der Waals surface area contributed by atoms with Crippen molar-refractivity contribution >= 4 is 23.7 Å². The van der Waals surface area contributed by atoms with Crippen LogP contribution >= 0.6 is 11.6 Å². The van der Waals surface area contributed by atoms with Crippen LogP contribution in [0.4, 0.5) is 0 Å². The number of hydrogen-bond donors (Lipinski definition) is 1. The van der Waals surface area contributed by atoms with Crippen LogP contribution in [0.3, 0.4) is 0 Å². The molecule has 1 atom stereocenters. The largest absolute Gasteiger partial charge is 0.493 e. The SMILES string of the molecule is CCOc1c(/C=N/NC(=O)C(C)Oc2cc(C)c(Cl)c(C)c2)cccc1OC. The van der Waals surface area contributed by atoms with Crippen molar-refractivity contribution in [1.82, 2.24) is 5.43 Å². The van der Waals surface area contributed by atoms with Gasteiger partial charge in [0, 0.05) is 10.6 Å². The van der Waals surface area contributed by atoms with Crippen molar-refractivity contribution in [2.45, 2.75) is 33.8 Å². The maximum absolute atomic E-state index is 12.3. The summed E-state index contributed by atoms with van der Waals surface area (Å²) in [5.41, 5.74) is 4.96. The number of hydrogen-bond acceptors (Lipinski definition) is 5. The highest BCUT2D eigenvalue weighted by Crippen LogP contribution is 2.30. The van der Waals surface area contributed by atoms with Gasteiger partial charge in [0.1, 0.15) is 5.75 Å². The van der Waals surface area contributed by atoms with Gasteiger partial charge in [0.25, 0.3) is 5.91 Å². The van der Waals surface area contributed by atoms with E-state index in [2.05, 4.69) is 10.5 Å². The fourth-order valence-corrected chi connectivity index (χ4v) is 2.69. The molecule has 0 heterocycles. The highest BCUT2D eigenvalue weighted by atomic mass is 35.5. The number of aryl methyl sites for hydroxylation is 2. The van der Waals surface area contributed by atoms with E-state index in [-0.39, 0.29) is 5.91 Å². The van der Waals surface area contributed by atoms with Crippen molar-refractivity contribution in [2.75, 3.05) is 13.7 Å². The zero-order chi connectivity index (χ0) is 20.7. The number of carbonyl (C=O) groups is 1. The molecule has 0 radical (unpaired) electrons. The van der Waals surface area contributed by atoms with Gasteiger partial charge in [-0.25, -0.2) is 5.43 Å². The van der Waals surface area contributed by atoms with Gasteiger partial charge in [-0.05, 0) is 63.1 Å². The molecule has 0 spiro atoms. The van der Waals surface area contributed by atoms with Crippen molar-refractivity contribution in [3.63, 3.8) is 0 Å². The molecule has 150 valence electrons. The fourth-order valence-electron chi connectivity index (χ4n) is 2.58. The predicted molar refractivity (Wildman–Crippen MR) is 111 cm³/mol. The van der Waals surface area contributed by atoms with E-state index in [9.17, 15) is 4.79 Å². The Morgan fingerprint density at radius 2 is 1.96 bits per heavy atom. The molecule has 6 nitrogen and oxygen atoms in total. The molecule has 1 unspecified atom stereocenters. The second-order valence-corrected chi connectivity index (χ2v) is 6.55. The molecular weight excluding hydrogens is 380 g/mol. The van der Waals surface area contributed by atoms with Crippen LogP contribution in [0.1, 0.15) is 30.5 Å². The number of hydrazone groups is 1. The van der Waals surface area contributed by atoms with Gasteiger partial charge in [0.2, 0.25) is 0 Å². The lowest BCUT2D eigenvalue weighted by Gasteiger charge is -2.15. The van der Waals surface area contributed by atoms with Crippen molar-refractivity contribution in [3.8, 4) is 17.2 Å². The zero-order valence-corrected chi connectivity index (χ0v) is 17.5. The van der Waals surface area contributed by atoms with Crippen molar-refractivity contribution in [1.29, 1.82) is 0 Å². The molecule has 28 heavy (non-hydrogen) atoms. The molecule has 0 saturated heterocycles. The topological polar surface area (TPSA) is 69.2 Å². The van der Waals surface area contributed by atoms with Gasteiger partial charge in [-0.2, -0.15) is 5.10 Å². The van der Waals surface area contributed by atoms with Crippen molar-refractivity contribution < 1.29 is 19.0 Å². The van der Waals surface area contributed by atoms with Crippen LogP contribution in [0, 0.1) is 13.8 Å². The summed E-state index contributed by atoms with van der Waals surface area (Å²) in [5.74, 6) is 1.38. The summed E-state index contributed by atoms with van der Waals surface area (Å²) in [5, 5.41) is 4.70. The molecule has 2 aromatic rings. The average molecular weight is 405 g/mol. The lowest BCUT2D eigenvalue weighted by Crippen LogP contribution is -2.33. The Balaban J connectivity index is 2.03. The monoisotopic (exact) mass is 404 g/mol. The Morgan fingerprint density at radius 1 is 1.29 bits per heavy atom. The first-order valence-electron chi connectivity index (χ1n) is 8.93. The Bertz CT molecular complexity index is 844. The van der Waals surface area contributed by atoms with E-state index in [1.165, 1.54) is 6.21 Å². The minimum atomic E-state index is -0.728. The molecule has 0 fully saturated rings. The van der Waals surface area contributed by atoms with Gasteiger partial charge in [-0.1, -0.05) is 17.7 Å². The minimum Gasteiger partial charge on any atom is -0.493 e. The first kappa shape index (κ1) is 21.6. The maximum Gasteiger partial charge on any atom is 0.280 e. The molecule has 0 aliphatic rings. The minimum absolute atomic E-state index is 0.373. The van der Waals surface area contributed by atoms with Gasteiger partial charge < -0.3 is 14.2 Å². The van der Waals surface area contributed by atoms with Crippen LogP contribution in [0.25, 0.3) is 0 Å². The third-order valence-electron chi connectivity index (χ3n) is 3.99. The zero-order valence-electron chi connectivity index (χ0n) is 16.7. The number of nitrogens with zero attached hydrogens (tertiary/aromatic N) is 1. The average Bonchev–Trinajstić information content (AvgIpc) is 2.67. The molecule has 0 saturated carbocycles. The van der Waals surface area contributed by atoms with Crippen LogP contribution in [0.15, 0.2) is 35.4 Å². The third kappa shape index (κ3) is 5.39.